The van der Waals surface area contributed by atoms with Gasteiger partial charge >= 0.3 is 5.97 Å². The maximum absolute atomic E-state index is 10.9. The van der Waals surface area contributed by atoms with E-state index in [0.717, 1.165) is 6.26 Å². The molecule has 6 nitrogen and oxygen atoms in total. The third-order valence-electron chi connectivity index (χ3n) is 1.86. The zero-order valence-electron chi connectivity index (χ0n) is 9.11. The molecule has 94 valence electrons. The van der Waals surface area contributed by atoms with Gasteiger partial charge < -0.3 is 5.11 Å². The van der Waals surface area contributed by atoms with Crippen molar-refractivity contribution in [2.45, 2.75) is 12.5 Å². The molecule has 0 fully saturated rings. The summed E-state index contributed by atoms with van der Waals surface area (Å²) in [5.41, 5.74) is 0. The van der Waals surface area contributed by atoms with Crippen LogP contribution in [0.25, 0.3) is 0 Å². The Balaban J connectivity index is 2.64. The number of hydrogen-bond donors (Lipinski definition) is 1. The molecule has 1 heterocycles. The molecule has 0 aliphatic heterocycles. The van der Waals surface area contributed by atoms with Crippen LogP contribution in [0.5, 0.6) is 0 Å². The van der Waals surface area contributed by atoms with Gasteiger partial charge in [-0.05, 0) is 6.42 Å². The molecule has 8 heteroatoms. The van der Waals surface area contributed by atoms with Gasteiger partial charge in [-0.2, -0.15) is 0 Å². The predicted molar refractivity (Wildman–Crippen MR) is 65.5 cm³/mol. The molecular formula is C9H12N2O4S2. The zero-order valence-corrected chi connectivity index (χ0v) is 10.7. The number of carbonyl (C=O) groups is 1. The lowest BCUT2D eigenvalue weighted by atomic mass is 10.2. The maximum atomic E-state index is 10.9. The Labute approximate surface area is 103 Å². The van der Waals surface area contributed by atoms with Crippen LogP contribution in [0.1, 0.15) is 11.4 Å². The van der Waals surface area contributed by atoms with E-state index in [-0.39, 0.29) is 12.2 Å². The van der Waals surface area contributed by atoms with Crippen LogP contribution >= 0.6 is 11.3 Å². The number of aliphatic imine (C=N–C) groups is 1. The molecule has 0 aliphatic carbocycles. The highest BCUT2D eigenvalue weighted by atomic mass is 32.2. The van der Waals surface area contributed by atoms with Gasteiger partial charge in [0.25, 0.3) is 0 Å². The standard InChI is InChI=1S/C9H12N2O4S2/c1-17(14,15)5-2-7(9(12)13)11-6-8-10-3-4-16-8/h3-4,6-7H,2,5H2,1H3,(H,12,13). The molecule has 1 aromatic rings. The van der Waals surface area contributed by atoms with Gasteiger partial charge in [-0.15, -0.1) is 11.3 Å². The number of aromatic nitrogens is 1. The van der Waals surface area contributed by atoms with Crippen molar-refractivity contribution in [1.29, 1.82) is 0 Å². The molecule has 0 radical (unpaired) electrons. The lowest BCUT2D eigenvalue weighted by Gasteiger charge is -2.05. The van der Waals surface area contributed by atoms with Crippen LogP contribution in [0.15, 0.2) is 16.6 Å². The van der Waals surface area contributed by atoms with Crippen molar-refractivity contribution in [3.8, 4) is 0 Å². The summed E-state index contributed by atoms with van der Waals surface area (Å²) in [6.45, 7) is 0. The van der Waals surface area contributed by atoms with Crippen molar-refractivity contribution in [3.63, 3.8) is 0 Å². The van der Waals surface area contributed by atoms with Crippen LogP contribution in [-0.2, 0) is 14.6 Å². The first kappa shape index (κ1) is 13.8. The molecule has 0 spiro atoms. The maximum Gasteiger partial charge on any atom is 0.328 e. The number of thiazole rings is 1. The number of hydrogen-bond acceptors (Lipinski definition) is 6. The fourth-order valence-corrected chi connectivity index (χ4v) is 2.20. The predicted octanol–water partition coefficient (Wildman–Crippen LogP) is 0.450. The summed E-state index contributed by atoms with van der Waals surface area (Å²) in [7, 11) is -3.18. The van der Waals surface area contributed by atoms with Crippen molar-refractivity contribution in [2.24, 2.45) is 4.99 Å². The first-order valence-corrected chi connectivity index (χ1v) is 7.66. The van der Waals surface area contributed by atoms with Gasteiger partial charge in [-0.1, -0.05) is 0 Å². The van der Waals surface area contributed by atoms with E-state index in [1.54, 1.807) is 11.6 Å². The molecular weight excluding hydrogens is 264 g/mol. The van der Waals surface area contributed by atoms with Crippen LogP contribution in [-0.4, -0.2) is 48.7 Å². The summed E-state index contributed by atoms with van der Waals surface area (Å²) >= 11 is 1.33. The molecule has 0 aromatic carbocycles. The highest BCUT2D eigenvalue weighted by Gasteiger charge is 2.17. The van der Waals surface area contributed by atoms with Crippen LogP contribution in [0, 0.1) is 0 Å². The van der Waals surface area contributed by atoms with Gasteiger partial charge in [-0.25, -0.2) is 18.2 Å². The van der Waals surface area contributed by atoms with Crippen LogP contribution < -0.4 is 0 Å². The summed E-state index contributed by atoms with van der Waals surface area (Å²) < 4.78 is 21.9. The van der Waals surface area contributed by atoms with Crippen LogP contribution in [0.3, 0.4) is 0 Å². The number of nitrogens with zero attached hydrogens (tertiary/aromatic N) is 2. The van der Waals surface area contributed by atoms with Gasteiger partial charge in [0, 0.05) is 17.8 Å². The minimum absolute atomic E-state index is 0.0317. The van der Waals surface area contributed by atoms with Gasteiger partial charge in [0.1, 0.15) is 20.9 Å². The van der Waals surface area contributed by atoms with E-state index in [2.05, 4.69) is 9.98 Å². The molecule has 1 atom stereocenters. The lowest BCUT2D eigenvalue weighted by Crippen LogP contribution is -2.21. The van der Waals surface area contributed by atoms with E-state index in [9.17, 15) is 13.2 Å². The van der Waals surface area contributed by atoms with Crippen molar-refractivity contribution in [2.75, 3.05) is 12.0 Å². The van der Waals surface area contributed by atoms with Crippen molar-refractivity contribution in [1.82, 2.24) is 4.98 Å². The summed E-state index contributed by atoms with van der Waals surface area (Å²) in [4.78, 5) is 18.6. The Hall–Kier alpha value is -1.28. The molecule has 1 aromatic heterocycles. The Kier molecular flexibility index (Phi) is 4.76. The van der Waals surface area contributed by atoms with Gasteiger partial charge in [0.15, 0.2) is 0 Å². The fourth-order valence-electron chi connectivity index (χ4n) is 1.04. The van der Waals surface area contributed by atoms with E-state index in [0.29, 0.717) is 5.01 Å². The smallest absolute Gasteiger partial charge is 0.328 e. The van der Waals surface area contributed by atoms with E-state index in [1.165, 1.54) is 17.6 Å². The molecule has 17 heavy (non-hydrogen) atoms. The molecule has 0 aliphatic rings. The molecule has 1 unspecified atom stereocenters. The molecule has 1 N–H and O–H groups in total. The van der Waals surface area contributed by atoms with E-state index in [1.807, 2.05) is 0 Å². The minimum Gasteiger partial charge on any atom is -0.480 e. The quantitative estimate of drug-likeness (QED) is 0.761. The van der Waals surface area contributed by atoms with Crippen molar-refractivity contribution in [3.05, 3.63) is 16.6 Å². The number of sulfone groups is 1. The topological polar surface area (TPSA) is 96.7 Å². The van der Waals surface area contributed by atoms with E-state index >= 15 is 0 Å². The second-order valence-corrected chi connectivity index (χ2v) is 6.61. The fraction of sp³-hybridized carbons (Fsp3) is 0.444. The third-order valence-corrected chi connectivity index (χ3v) is 3.55. The molecule has 1 rings (SSSR count). The third kappa shape index (κ3) is 5.55. The number of carboxylic acids is 1. The first-order valence-electron chi connectivity index (χ1n) is 4.71. The summed E-state index contributed by atoms with van der Waals surface area (Å²) in [6.07, 6.45) is 3.97. The lowest BCUT2D eigenvalue weighted by molar-refractivity contribution is -0.138. The highest BCUT2D eigenvalue weighted by molar-refractivity contribution is 7.90. The second-order valence-electron chi connectivity index (χ2n) is 3.42. The van der Waals surface area contributed by atoms with Gasteiger partial charge in [-0.3, -0.25) is 4.99 Å². The Morgan fingerprint density at radius 2 is 2.41 bits per heavy atom. The van der Waals surface area contributed by atoms with Gasteiger partial charge in [0.2, 0.25) is 0 Å². The highest BCUT2D eigenvalue weighted by Crippen LogP contribution is 2.04. The van der Waals surface area contributed by atoms with Crippen LogP contribution in [0.2, 0.25) is 0 Å². The normalized spacial score (nSPS) is 13.9. The average Bonchev–Trinajstić information content (AvgIpc) is 2.68. The minimum atomic E-state index is -3.18. The van der Waals surface area contributed by atoms with Crippen molar-refractivity contribution >= 4 is 33.4 Å². The molecule has 0 bridgehead atoms. The molecule has 0 saturated heterocycles. The molecule has 0 saturated carbocycles. The van der Waals surface area contributed by atoms with Crippen molar-refractivity contribution < 1.29 is 18.3 Å². The average molecular weight is 276 g/mol. The summed E-state index contributed by atoms with van der Waals surface area (Å²) in [6, 6.07) is -1.05. The Bertz CT molecular complexity index is 493. The monoisotopic (exact) mass is 276 g/mol. The SMILES string of the molecule is CS(=O)(=O)CCC(N=Cc1nccs1)C(=O)O. The number of aliphatic carboxylic acids is 1. The Morgan fingerprint density at radius 1 is 1.71 bits per heavy atom. The molecule has 0 amide bonds. The van der Waals surface area contributed by atoms with E-state index < -0.39 is 21.8 Å². The van der Waals surface area contributed by atoms with Crippen LogP contribution in [0.4, 0.5) is 0 Å². The second kappa shape index (κ2) is 5.87. The first-order chi connectivity index (χ1) is 7.88. The Morgan fingerprint density at radius 3 is 2.88 bits per heavy atom. The largest absolute Gasteiger partial charge is 0.480 e. The van der Waals surface area contributed by atoms with E-state index in [4.69, 9.17) is 5.11 Å². The summed E-state index contributed by atoms with van der Waals surface area (Å²) in [5, 5.41) is 11.2. The van der Waals surface area contributed by atoms with Gasteiger partial charge in [0.05, 0.1) is 12.0 Å². The zero-order chi connectivity index (χ0) is 12.9. The number of rotatable bonds is 6. The summed E-state index contributed by atoms with van der Waals surface area (Å²) in [5.74, 6) is -1.33. The number of carboxylic acid groups (broad SMARTS) is 1.